The second-order valence-electron chi connectivity index (χ2n) is 8.82. The van der Waals surface area contributed by atoms with Crippen molar-refractivity contribution in [2.75, 3.05) is 45.5 Å². The number of rotatable bonds is 3. The molecule has 160 valence electrons. The van der Waals surface area contributed by atoms with E-state index in [2.05, 4.69) is 0 Å². The summed E-state index contributed by atoms with van der Waals surface area (Å²) in [5.41, 5.74) is -0.414. The second kappa shape index (κ2) is 6.84. The molecule has 0 aromatic carbocycles. The van der Waals surface area contributed by atoms with Crippen LogP contribution in [0.4, 0.5) is 0 Å². The molecular weight excluding hydrogens is 392 g/mol. The minimum atomic E-state index is -3.38. The van der Waals surface area contributed by atoms with Crippen molar-refractivity contribution in [3.8, 4) is 0 Å². The molecule has 0 aliphatic carbocycles. The summed E-state index contributed by atoms with van der Waals surface area (Å²) in [4.78, 5) is 30.0. The van der Waals surface area contributed by atoms with Crippen LogP contribution >= 0.6 is 0 Å². The second-order valence-corrected chi connectivity index (χ2v) is 10.8. The van der Waals surface area contributed by atoms with E-state index in [4.69, 9.17) is 0 Å². The normalized spacial score (nSPS) is 27.5. The third-order valence-electron chi connectivity index (χ3n) is 7.47. The largest absolute Gasteiger partial charge is 0.347 e. The van der Waals surface area contributed by atoms with Gasteiger partial charge in [-0.15, -0.1) is 0 Å². The molecule has 3 saturated heterocycles. The summed E-state index contributed by atoms with van der Waals surface area (Å²) in [6.45, 7) is 5.03. The van der Waals surface area contributed by atoms with Gasteiger partial charge in [-0.25, -0.2) is 12.7 Å². The number of carbonyl (C=O) groups excluding carboxylic acids is 2. The fourth-order valence-electron chi connectivity index (χ4n) is 5.65. The van der Waals surface area contributed by atoms with Crippen LogP contribution in [-0.2, 0) is 21.9 Å². The predicted molar refractivity (Wildman–Crippen MR) is 109 cm³/mol. The standard InChI is InChI=1S/C20H30N4O4S/c1-4-22-13-9-20(18(22)26)15-24(29(3,27)28)14-19(20)7-11-23(12-8-19)17(25)16-6-5-10-21(16)2/h5-6,10H,4,7-9,11-15H2,1-3H3/t20-/m1/s1. The molecular formula is C20H30N4O4S. The summed E-state index contributed by atoms with van der Waals surface area (Å²) in [5, 5.41) is 0. The number of fused-ring (bicyclic) bond motifs is 1. The molecule has 0 saturated carbocycles. The Hall–Kier alpha value is -1.87. The minimum Gasteiger partial charge on any atom is -0.347 e. The van der Waals surface area contributed by atoms with Gasteiger partial charge in [-0.1, -0.05) is 0 Å². The lowest BCUT2D eigenvalue weighted by molar-refractivity contribution is -0.141. The number of piperidine rings is 1. The van der Waals surface area contributed by atoms with Crippen molar-refractivity contribution in [3.05, 3.63) is 24.0 Å². The molecule has 9 heteroatoms. The fraction of sp³-hybridized carbons (Fsp3) is 0.700. The minimum absolute atomic E-state index is 0.00713. The van der Waals surface area contributed by atoms with Crippen LogP contribution in [0.25, 0.3) is 0 Å². The highest BCUT2D eigenvalue weighted by Gasteiger charge is 2.66. The molecule has 4 rings (SSSR count). The molecule has 2 spiro atoms. The lowest BCUT2D eigenvalue weighted by Gasteiger charge is -2.46. The quantitative estimate of drug-likeness (QED) is 0.720. The Labute approximate surface area is 172 Å². The number of hydrogen-bond acceptors (Lipinski definition) is 4. The van der Waals surface area contributed by atoms with E-state index in [9.17, 15) is 18.0 Å². The number of nitrogens with zero attached hydrogens (tertiary/aromatic N) is 4. The number of carbonyl (C=O) groups is 2. The average Bonchev–Trinajstić information content (AvgIpc) is 3.34. The topological polar surface area (TPSA) is 82.9 Å². The summed E-state index contributed by atoms with van der Waals surface area (Å²) < 4.78 is 28.0. The Morgan fingerprint density at radius 2 is 1.83 bits per heavy atom. The Morgan fingerprint density at radius 1 is 1.14 bits per heavy atom. The van der Waals surface area contributed by atoms with E-state index in [0.29, 0.717) is 57.7 Å². The van der Waals surface area contributed by atoms with E-state index in [1.165, 1.54) is 10.6 Å². The first-order valence-corrected chi connectivity index (χ1v) is 12.1. The van der Waals surface area contributed by atoms with Crippen LogP contribution in [0, 0.1) is 10.8 Å². The molecule has 1 atom stereocenters. The van der Waals surface area contributed by atoms with Crippen LogP contribution in [0.5, 0.6) is 0 Å². The summed E-state index contributed by atoms with van der Waals surface area (Å²) in [6.07, 6.45) is 5.07. The van der Waals surface area contributed by atoms with Crippen molar-refractivity contribution in [1.29, 1.82) is 0 Å². The van der Waals surface area contributed by atoms with Gasteiger partial charge in [0.15, 0.2) is 0 Å². The van der Waals surface area contributed by atoms with Gasteiger partial charge in [0.25, 0.3) is 5.91 Å². The summed E-state index contributed by atoms with van der Waals surface area (Å²) in [6, 6.07) is 3.67. The highest BCUT2D eigenvalue weighted by Crippen LogP contribution is 2.58. The van der Waals surface area contributed by atoms with Crippen LogP contribution in [0.1, 0.15) is 36.7 Å². The predicted octanol–water partition coefficient (Wildman–Crippen LogP) is 0.761. The highest BCUT2D eigenvalue weighted by atomic mass is 32.2. The third-order valence-corrected chi connectivity index (χ3v) is 8.66. The van der Waals surface area contributed by atoms with Gasteiger partial charge in [0, 0.05) is 57.9 Å². The van der Waals surface area contributed by atoms with Gasteiger partial charge in [0.2, 0.25) is 15.9 Å². The van der Waals surface area contributed by atoms with E-state index >= 15 is 0 Å². The van der Waals surface area contributed by atoms with E-state index < -0.39 is 20.9 Å². The van der Waals surface area contributed by atoms with Gasteiger partial charge in [-0.2, -0.15) is 0 Å². The van der Waals surface area contributed by atoms with Crippen molar-refractivity contribution in [1.82, 2.24) is 18.7 Å². The third kappa shape index (κ3) is 3.01. The monoisotopic (exact) mass is 422 g/mol. The number of amides is 2. The van der Waals surface area contributed by atoms with Crippen LogP contribution < -0.4 is 0 Å². The van der Waals surface area contributed by atoms with Gasteiger partial charge < -0.3 is 14.4 Å². The molecule has 8 nitrogen and oxygen atoms in total. The maximum absolute atomic E-state index is 13.4. The Kier molecular flexibility index (Phi) is 4.81. The number of aromatic nitrogens is 1. The summed E-state index contributed by atoms with van der Waals surface area (Å²) >= 11 is 0. The van der Waals surface area contributed by atoms with E-state index in [-0.39, 0.29) is 18.4 Å². The molecule has 3 aliphatic rings. The van der Waals surface area contributed by atoms with Crippen LogP contribution in [0.3, 0.4) is 0 Å². The van der Waals surface area contributed by atoms with Crippen LogP contribution in [0.15, 0.2) is 18.3 Å². The van der Waals surface area contributed by atoms with Crippen molar-refractivity contribution < 1.29 is 18.0 Å². The van der Waals surface area contributed by atoms with Gasteiger partial charge in [-0.05, 0) is 38.3 Å². The molecule has 3 fully saturated rings. The molecule has 0 bridgehead atoms. The molecule has 2 amide bonds. The van der Waals surface area contributed by atoms with Crippen molar-refractivity contribution in [3.63, 3.8) is 0 Å². The first kappa shape index (κ1) is 20.4. The molecule has 0 unspecified atom stereocenters. The van der Waals surface area contributed by atoms with Crippen molar-refractivity contribution >= 4 is 21.8 Å². The summed E-state index contributed by atoms with van der Waals surface area (Å²) in [5.74, 6) is 0.0839. The highest BCUT2D eigenvalue weighted by molar-refractivity contribution is 7.88. The zero-order valence-electron chi connectivity index (χ0n) is 17.4. The lowest BCUT2D eigenvalue weighted by atomic mass is 9.60. The SMILES string of the molecule is CCN1CC[C@@]2(CN(S(C)(=O)=O)CC23CCN(C(=O)c2cccn2C)CC3)C1=O. The first-order chi connectivity index (χ1) is 13.6. The molecule has 1 aromatic rings. The van der Waals surface area contributed by atoms with Gasteiger partial charge in [0.1, 0.15) is 5.69 Å². The molecule has 3 aliphatic heterocycles. The van der Waals surface area contributed by atoms with E-state index in [1.54, 1.807) is 0 Å². The molecule has 0 N–H and O–H groups in total. The van der Waals surface area contributed by atoms with Crippen molar-refractivity contribution in [2.45, 2.75) is 26.2 Å². The molecule has 1 aromatic heterocycles. The average molecular weight is 423 g/mol. The van der Waals surface area contributed by atoms with Crippen molar-refractivity contribution in [2.24, 2.45) is 17.9 Å². The van der Waals surface area contributed by atoms with Gasteiger partial charge in [-0.3, -0.25) is 9.59 Å². The van der Waals surface area contributed by atoms with Gasteiger partial charge in [0.05, 0.1) is 11.7 Å². The fourth-order valence-corrected chi connectivity index (χ4v) is 6.58. The van der Waals surface area contributed by atoms with Gasteiger partial charge >= 0.3 is 0 Å². The Bertz CT molecular complexity index is 932. The Balaban J connectivity index is 1.61. The van der Waals surface area contributed by atoms with E-state index in [1.807, 2.05) is 46.7 Å². The molecule has 0 radical (unpaired) electrons. The number of hydrogen-bond donors (Lipinski definition) is 0. The van der Waals surface area contributed by atoms with Crippen LogP contribution in [-0.4, -0.2) is 84.4 Å². The first-order valence-electron chi connectivity index (χ1n) is 10.3. The lowest BCUT2D eigenvalue weighted by Crippen LogP contribution is -2.53. The van der Waals surface area contributed by atoms with Crippen LogP contribution in [0.2, 0.25) is 0 Å². The van der Waals surface area contributed by atoms with E-state index in [0.717, 1.165) is 0 Å². The molecule has 29 heavy (non-hydrogen) atoms. The maximum Gasteiger partial charge on any atom is 0.270 e. The number of likely N-dealkylation sites (tertiary alicyclic amines) is 2. The Morgan fingerprint density at radius 3 is 2.34 bits per heavy atom. The number of sulfonamides is 1. The smallest absolute Gasteiger partial charge is 0.270 e. The zero-order chi connectivity index (χ0) is 21.0. The molecule has 4 heterocycles. The summed E-state index contributed by atoms with van der Waals surface area (Å²) in [7, 11) is -1.53. The zero-order valence-corrected chi connectivity index (χ0v) is 18.2. The maximum atomic E-state index is 13.4. The number of aryl methyl sites for hydroxylation is 1.